The van der Waals surface area contributed by atoms with E-state index >= 15 is 0 Å². The molecule has 25 heavy (non-hydrogen) atoms. The van der Waals surface area contributed by atoms with Crippen molar-refractivity contribution in [3.8, 4) is 0 Å². The summed E-state index contributed by atoms with van der Waals surface area (Å²) in [5.74, 6) is -3.27. The van der Waals surface area contributed by atoms with Crippen LogP contribution in [0.25, 0.3) is 0 Å². The van der Waals surface area contributed by atoms with E-state index in [1.54, 1.807) is 0 Å². The second-order valence-corrected chi connectivity index (χ2v) is 7.44. The average Bonchev–Trinajstić information content (AvgIpc) is 3.41. The summed E-state index contributed by atoms with van der Waals surface area (Å²) in [7, 11) is 0. The number of halogens is 5. The number of carbonyl (C=O) groups excluding carboxylic acids is 1. The van der Waals surface area contributed by atoms with Crippen molar-refractivity contribution in [3.63, 3.8) is 0 Å². The van der Waals surface area contributed by atoms with Gasteiger partial charge in [0.05, 0.1) is 11.6 Å². The molecule has 1 aromatic carbocycles. The summed E-state index contributed by atoms with van der Waals surface area (Å²) in [6, 6.07) is 0.404. The van der Waals surface area contributed by atoms with Gasteiger partial charge in [0.25, 0.3) is 0 Å². The Morgan fingerprint density at radius 2 is 1.92 bits per heavy atom. The molecule has 2 aliphatic carbocycles. The molecular formula is C17H17F5N2O. The zero-order valence-electron chi connectivity index (χ0n) is 13.2. The Morgan fingerprint density at radius 1 is 1.24 bits per heavy atom. The molecule has 0 spiro atoms. The Hall–Kier alpha value is -1.70. The van der Waals surface area contributed by atoms with Gasteiger partial charge in [0.15, 0.2) is 0 Å². The first-order valence-corrected chi connectivity index (χ1v) is 8.26. The van der Waals surface area contributed by atoms with Gasteiger partial charge in [-0.25, -0.2) is 8.78 Å². The Kier molecular flexibility index (Phi) is 3.45. The minimum atomic E-state index is -4.94. The third-order valence-electron chi connectivity index (χ3n) is 5.83. The zero-order chi connectivity index (χ0) is 18.1. The Bertz CT molecular complexity index is 745. The maximum absolute atomic E-state index is 14.5. The largest absolute Gasteiger partial charge is 0.419 e. The number of hydrogen-bond acceptors (Lipinski definition) is 2. The number of nitrogens with two attached hydrogens (primary N) is 1. The molecule has 3 N–H and O–H groups in total. The van der Waals surface area contributed by atoms with Crippen LogP contribution in [-0.2, 0) is 11.0 Å². The molecule has 1 amide bonds. The lowest BCUT2D eigenvalue weighted by molar-refractivity contribution is -0.140. The Balaban J connectivity index is 1.72. The molecule has 136 valence electrons. The Labute approximate surface area is 140 Å². The quantitative estimate of drug-likeness (QED) is 0.811. The highest BCUT2D eigenvalue weighted by Crippen LogP contribution is 2.64. The molecule has 1 saturated heterocycles. The van der Waals surface area contributed by atoms with E-state index in [0.29, 0.717) is 18.9 Å². The van der Waals surface area contributed by atoms with Crippen LogP contribution in [0.15, 0.2) is 12.1 Å². The highest BCUT2D eigenvalue weighted by molar-refractivity contribution is 5.81. The minimum absolute atomic E-state index is 0.0341. The third kappa shape index (κ3) is 2.61. The number of primary amides is 1. The molecule has 4 atom stereocenters. The predicted molar refractivity (Wildman–Crippen MR) is 78.4 cm³/mol. The summed E-state index contributed by atoms with van der Waals surface area (Å²) < 4.78 is 66.9. The predicted octanol–water partition coefficient (Wildman–Crippen LogP) is 3.08. The smallest absolute Gasteiger partial charge is 0.368 e. The van der Waals surface area contributed by atoms with Gasteiger partial charge in [-0.3, -0.25) is 10.1 Å². The molecule has 0 bridgehead atoms. The fourth-order valence-corrected chi connectivity index (χ4v) is 4.54. The van der Waals surface area contributed by atoms with Gasteiger partial charge >= 0.3 is 6.18 Å². The first-order chi connectivity index (χ1) is 11.6. The van der Waals surface area contributed by atoms with Gasteiger partial charge in [-0.05, 0) is 55.2 Å². The van der Waals surface area contributed by atoms with Gasteiger partial charge in [-0.1, -0.05) is 0 Å². The number of hydrogen-bond donors (Lipinski definition) is 2. The van der Waals surface area contributed by atoms with Crippen molar-refractivity contribution >= 4 is 5.91 Å². The molecule has 3 unspecified atom stereocenters. The molecule has 4 rings (SSSR count). The molecule has 0 radical (unpaired) electrons. The fourth-order valence-electron chi connectivity index (χ4n) is 4.54. The molecule has 8 heteroatoms. The second kappa shape index (κ2) is 5.16. The van der Waals surface area contributed by atoms with E-state index in [1.807, 2.05) is 0 Å². The number of piperidine rings is 1. The van der Waals surface area contributed by atoms with Crippen molar-refractivity contribution < 1.29 is 26.7 Å². The van der Waals surface area contributed by atoms with Crippen LogP contribution in [0, 0.1) is 23.5 Å². The molecule has 0 aromatic heterocycles. The molecule has 1 aliphatic heterocycles. The zero-order valence-corrected chi connectivity index (χ0v) is 13.2. The van der Waals surface area contributed by atoms with Crippen LogP contribution in [0.3, 0.4) is 0 Å². The summed E-state index contributed by atoms with van der Waals surface area (Å²) in [6.45, 7) is 0. The monoisotopic (exact) mass is 360 g/mol. The summed E-state index contributed by atoms with van der Waals surface area (Å²) >= 11 is 0. The topological polar surface area (TPSA) is 55.1 Å². The van der Waals surface area contributed by atoms with Crippen LogP contribution in [0.5, 0.6) is 0 Å². The molecule has 3 aliphatic rings. The van der Waals surface area contributed by atoms with Gasteiger partial charge in [0, 0.05) is 11.5 Å². The number of rotatable bonds is 4. The SMILES string of the molecule is NC(=O)C1CC2CC2([C@@H](c2cc(F)c(C(F)(F)F)cc2F)C2CC2)N1. The van der Waals surface area contributed by atoms with Crippen molar-refractivity contribution in [2.24, 2.45) is 17.6 Å². The van der Waals surface area contributed by atoms with E-state index in [9.17, 15) is 26.7 Å². The lowest BCUT2D eigenvalue weighted by Crippen LogP contribution is -2.46. The third-order valence-corrected chi connectivity index (χ3v) is 5.83. The molecule has 3 fully saturated rings. The van der Waals surface area contributed by atoms with Crippen LogP contribution in [0.4, 0.5) is 22.0 Å². The number of carbonyl (C=O) groups is 1. The number of nitrogens with one attached hydrogen (secondary N) is 1. The molecule has 3 nitrogen and oxygen atoms in total. The molecule has 1 heterocycles. The van der Waals surface area contributed by atoms with Crippen molar-refractivity contribution in [2.75, 3.05) is 0 Å². The summed E-state index contributed by atoms with van der Waals surface area (Å²) in [4.78, 5) is 11.4. The van der Waals surface area contributed by atoms with Crippen LogP contribution in [0.2, 0.25) is 0 Å². The van der Waals surface area contributed by atoms with E-state index < -0.39 is 46.8 Å². The normalized spacial score (nSPS) is 32.4. The van der Waals surface area contributed by atoms with Gasteiger partial charge in [-0.15, -0.1) is 0 Å². The number of amides is 1. The standard InChI is InChI=1S/C17H17F5N2O/c18-11-5-10(17(20,21)22)12(19)4-9(11)14(7-1-2-7)16-6-8(16)3-13(24-16)15(23)25/h4-5,7-8,13-14,24H,1-3,6H2,(H2,23,25)/t8?,13?,14-,16?/m1/s1. The highest BCUT2D eigenvalue weighted by Gasteiger charge is 2.67. The van der Waals surface area contributed by atoms with Crippen molar-refractivity contribution in [1.82, 2.24) is 5.32 Å². The van der Waals surface area contributed by atoms with Crippen LogP contribution in [0.1, 0.15) is 42.7 Å². The van der Waals surface area contributed by atoms with E-state index in [2.05, 4.69) is 5.32 Å². The minimum Gasteiger partial charge on any atom is -0.368 e. The van der Waals surface area contributed by atoms with Gasteiger partial charge in [0.2, 0.25) is 5.91 Å². The van der Waals surface area contributed by atoms with E-state index in [-0.39, 0.29) is 23.5 Å². The summed E-state index contributed by atoms with van der Waals surface area (Å²) in [5, 5.41) is 3.17. The van der Waals surface area contributed by atoms with Crippen LogP contribution in [-0.4, -0.2) is 17.5 Å². The lowest BCUT2D eigenvalue weighted by atomic mass is 9.83. The first kappa shape index (κ1) is 16.8. The number of alkyl halides is 3. The van der Waals surface area contributed by atoms with Gasteiger partial charge in [-0.2, -0.15) is 13.2 Å². The molecular weight excluding hydrogens is 343 g/mol. The van der Waals surface area contributed by atoms with Crippen molar-refractivity contribution in [2.45, 2.75) is 49.4 Å². The highest BCUT2D eigenvalue weighted by atomic mass is 19.4. The van der Waals surface area contributed by atoms with Crippen LogP contribution >= 0.6 is 0 Å². The molecule has 2 saturated carbocycles. The van der Waals surface area contributed by atoms with E-state index in [1.165, 1.54) is 0 Å². The van der Waals surface area contributed by atoms with E-state index in [4.69, 9.17) is 5.73 Å². The first-order valence-electron chi connectivity index (χ1n) is 8.26. The molecule has 1 aromatic rings. The summed E-state index contributed by atoms with van der Waals surface area (Å²) in [6.07, 6.45) is -2.10. The van der Waals surface area contributed by atoms with Crippen molar-refractivity contribution in [1.29, 1.82) is 0 Å². The van der Waals surface area contributed by atoms with E-state index in [0.717, 1.165) is 12.8 Å². The number of benzene rings is 1. The van der Waals surface area contributed by atoms with Gasteiger partial charge < -0.3 is 5.73 Å². The second-order valence-electron chi connectivity index (χ2n) is 7.44. The fraction of sp³-hybridized carbons (Fsp3) is 0.588. The average molecular weight is 360 g/mol. The summed E-state index contributed by atoms with van der Waals surface area (Å²) in [5.41, 5.74) is 3.14. The Morgan fingerprint density at radius 3 is 2.44 bits per heavy atom. The lowest BCUT2D eigenvalue weighted by Gasteiger charge is -2.29. The number of fused-ring (bicyclic) bond motifs is 1. The van der Waals surface area contributed by atoms with Crippen LogP contribution < -0.4 is 11.1 Å². The maximum Gasteiger partial charge on any atom is 0.419 e. The van der Waals surface area contributed by atoms with Gasteiger partial charge in [0.1, 0.15) is 11.6 Å². The maximum atomic E-state index is 14.5. The van der Waals surface area contributed by atoms with Crippen molar-refractivity contribution in [3.05, 3.63) is 34.9 Å².